The van der Waals surface area contributed by atoms with Gasteiger partial charge in [0.05, 0.1) is 29.0 Å². The second kappa shape index (κ2) is 11.7. The summed E-state index contributed by atoms with van der Waals surface area (Å²) in [6, 6.07) is 23.8. The van der Waals surface area contributed by atoms with Crippen molar-refractivity contribution >= 4 is 29.4 Å². The van der Waals surface area contributed by atoms with Crippen molar-refractivity contribution in [1.29, 1.82) is 0 Å². The molecule has 1 atom stereocenters. The van der Waals surface area contributed by atoms with E-state index in [-0.39, 0.29) is 36.2 Å². The second-order valence-corrected chi connectivity index (χ2v) is 10.9. The van der Waals surface area contributed by atoms with Gasteiger partial charge in [-0.2, -0.15) is 5.10 Å². The molecule has 41 heavy (non-hydrogen) atoms. The zero-order valence-electron chi connectivity index (χ0n) is 22.8. The Morgan fingerprint density at radius 2 is 1.90 bits per heavy atom. The van der Waals surface area contributed by atoms with E-state index >= 15 is 0 Å². The van der Waals surface area contributed by atoms with E-state index in [1.165, 1.54) is 11.8 Å². The molecule has 0 radical (unpaired) electrons. The van der Waals surface area contributed by atoms with Crippen molar-refractivity contribution < 1.29 is 23.8 Å². The number of ether oxygens (including phenoxy) is 3. The molecule has 3 heterocycles. The second-order valence-electron chi connectivity index (χ2n) is 9.83. The summed E-state index contributed by atoms with van der Waals surface area (Å²) in [5.74, 6) is 1.68. The lowest BCUT2D eigenvalue weighted by Gasteiger charge is -2.23. The zero-order valence-corrected chi connectivity index (χ0v) is 23.6. The molecule has 2 aliphatic rings. The molecule has 2 aliphatic heterocycles. The highest BCUT2D eigenvalue weighted by Crippen LogP contribution is 2.50. The summed E-state index contributed by atoms with van der Waals surface area (Å²) in [6.07, 6.45) is 0. The van der Waals surface area contributed by atoms with Gasteiger partial charge in [0, 0.05) is 24.8 Å². The summed E-state index contributed by atoms with van der Waals surface area (Å²) in [7, 11) is 1.58. The lowest BCUT2D eigenvalue weighted by molar-refractivity contribution is -0.123. The largest absolute Gasteiger partial charge is 0.454 e. The van der Waals surface area contributed by atoms with Crippen LogP contribution < -0.4 is 19.7 Å². The molecule has 0 aliphatic carbocycles. The van der Waals surface area contributed by atoms with Crippen molar-refractivity contribution in [3.8, 4) is 28.4 Å². The van der Waals surface area contributed by atoms with Gasteiger partial charge in [-0.25, -0.2) is 4.68 Å². The molecule has 0 spiro atoms. The highest BCUT2D eigenvalue weighted by atomic mass is 32.2. The number of fused-ring (bicyclic) bond motifs is 2. The number of benzene rings is 3. The highest BCUT2D eigenvalue weighted by molar-refractivity contribution is 8.00. The summed E-state index contributed by atoms with van der Waals surface area (Å²) in [5, 5.41) is 7.72. The van der Waals surface area contributed by atoms with Crippen molar-refractivity contribution in [2.75, 3.05) is 44.3 Å². The Morgan fingerprint density at radius 1 is 1.07 bits per heavy atom. The Bertz CT molecular complexity index is 1590. The minimum Gasteiger partial charge on any atom is -0.454 e. The molecule has 2 amide bonds. The van der Waals surface area contributed by atoms with Crippen LogP contribution in [0.3, 0.4) is 0 Å². The van der Waals surface area contributed by atoms with Gasteiger partial charge in [-0.05, 0) is 42.3 Å². The average Bonchev–Trinajstić information content (AvgIpc) is 3.58. The fourth-order valence-electron chi connectivity index (χ4n) is 5.10. The van der Waals surface area contributed by atoms with Crippen LogP contribution in [0.1, 0.15) is 21.9 Å². The minimum atomic E-state index is -0.272. The number of methoxy groups -OCH3 is 1. The minimum absolute atomic E-state index is 0.143. The Morgan fingerprint density at radius 3 is 2.71 bits per heavy atom. The smallest absolute Gasteiger partial charge is 0.240 e. The molecule has 0 saturated heterocycles. The zero-order chi connectivity index (χ0) is 28.3. The van der Waals surface area contributed by atoms with Crippen molar-refractivity contribution in [3.05, 3.63) is 89.5 Å². The predicted molar refractivity (Wildman–Crippen MR) is 158 cm³/mol. The van der Waals surface area contributed by atoms with E-state index in [9.17, 15) is 9.59 Å². The number of thioether (sulfide) groups is 1. The SMILES string of the molecule is COCCNC(=O)CN1C(=O)CS[C@H](c2ccc3c(c2)OCO3)c2c(-c3ccccc3)nn(-c3cccc(C)c3)c21. The molecule has 3 aromatic carbocycles. The first kappa shape index (κ1) is 26.9. The van der Waals surface area contributed by atoms with Gasteiger partial charge in [-0.1, -0.05) is 48.5 Å². The maximum Gasteiger partial charge on any atom is 0.240 e. The van der Waals surface area contributed by atoms with Gasteiger partial charge in [-0.15, -0.1) is 11.8 Å². The number of amides is 2. The van der Waals surface area contributed by atoms with Gasteiger partial charge < -0.3 is 19.5 Å². The summed E-state index contributed by atoms with van der Waals surface area (Å²) < 4.78 is 18.1. The number of aromatic nitrogens is 2. The summed E-state index contributed by atoms with van der Waals surface area (Å²) in [6.45, 7) is 2.78. The van der Waals surface area contributed by atoms with Crippen LogP contribution in [0, 0.1) is 6.92 Å². The number of carbonyl (C=O) groups is 2. The number of aryl methyl sites for hydroxylation is 1. The van der Waals surface area contributed by atoms with Crippen LogP contribution in [-0.4, -0.2) is 60.9 Å². The quantitative estimate of drug-likeness (QED) is 0.312. The summed E-state index contributed by atoms with van der Waals surface area (Å²) >= 11 is 1.51. The van der Waals surface area contributed by atoms with Crippen molar-refractivity contribution in [3.63, 3.8) is 0 Å². The summed E-state index contributed by atoms with van der Waals surface area (Å²) in [4.78, 5) is 28.5. The molecule has 9 nitrogen and oxygen atoms in total. The van der Waals surface area contributed by atoms with Crippen molar-refractivity contribution in [2.45, 2.75) is 12.2 Å². The van der Waals surface area contributed by atoms with Gasteiger partial charge in [0.2, 0.25) is 18.6 Å². The van der Waals surface area contributed by atoms with Gasteiger partial charge in [0.1, 0.15) is 12.4 Å². The number of nitrogens with one attached hydrogen (secondary N) is 1. The molecule has 0 saturated carbocycles. The number of hydrogen-bond acceptors (Lipinski definition) is 7. The Balaban J connectivity index is 1.57. The number of hydrogen-bond donors (Lipinski definition) is 1. The predicted octanol–water partition coefficient (Wildman–Crippen LogP) is 4.51. The third-order valence-electron chi connectivity index (χ3n) is 7.01. The summed E-state index contributed by atoms with van der Waals surface area (Å²) in [5.41, 5.74) is 5.34. The molecule has 6 rings (SSSR count). The van der Waals surface area contributed by atoms with Gasteiger partial charge in [0.25, 0.3) is 0 Å². The molecule has 10 heteroatoms. The monoisotopic (exact) mass is 570 g/mol. The lowest BCUT2D eigenvalue weighted by atomic mass is 9.99. The number of nitrogens with zero attached hydrogens (tertiary/aromatic N) is 3. The molecular weight excluding hydrogens is 540 g/mol. The molecular formula is C31H30N4O5S. The fourth-order valence-corrected chi connectivity index (χ4v) is 6.29. The molecule has 4 aromatic rings. The van der Waals surface area contributed by atoms with Gasteiger partial charge in [0.15, 0.2) is 11.5 Å². The Kier molecular flexibility index (Phi) is 7.67. The molecule has 1 aromatic heterocycles. The maximum atomic E-state index is 13.8. The first-order valence-corrected chi connectivity index (χ1v) is 14.4. The van der Waals surface area contributed by atoms with E-state index in [1.807, 2.05) is 79.7 Å². The van der Waals surface area contributed by atoms with Crippen molar-refractivity contribution in [1.82, 2.24) is 15.1 Å². The standard InChI is InChI=1S/C31H30N4O5S/c1-20-7-6-10-23(15-20)35-31-28(29(33-35)21-8-4-3-5-9-21)30(22-11-12-24-25(16-22)40-19-39-24)41-18-27(37)34(31)17-26(36)32-13-14-38-2/h3-12,15-16,30H,13-14,17-19H2,1-2H3,(H,32,36)/t30-/m1/s1. The van der Waals surface area contributed by atoms with E-state index in [0.29, 0.717) is 30.5 Å². The molecule has 0 fully saturated rings. The maximum absolute atomic E-state index is 13.8. The lowest BCUT2D eigenvalue weighted by Crippen LogP contribution is -2.43. The number of anilines is 1. The van der Waals surface area contributed by atoms with E-state index < -0.39 is 0 Å². The highest BCUT2D eigenvalue weighted by Gasteiger charge is 2.38. The van der Waals surface area contributed by atoms with Crippen LogP contribution in [0.4, 0.5) is 5.82 Å². The van der Waals surface area contributed by atoms with Crippen LogP contribution in [0.15, 0.2) is 72.8 Å². The Hall–Kier alpha value is -4.28. The number of carbonyl (C=O) groups excluding carboxylic acids is 2. The fraction of sp³-hybridized carbons (Fsp3) is 0.258. The molecule has 0 bridgehead atoms. The van der Waals surface area contributed by atoms with Crippen LogP contribution in [0.25, 0.3) is 16.9 Å². The van der Waals surface area contributed by atoms with Gasteiger partial charge in [-0.3, -0.25) is 14.5 Å². The van der Waals surface area contributed by atoms with Crippen LogP contribution in [-0.2, 0) is 14.3 Å². The molecule has 210 valence electrons. The number of rotatable bonds is 8. The molecule has 1 N–H and O–H groups in total. The Labute approximate surface area is 242 Å². The third kappa shape index (κ3) is 5.40. The van der Waals surface area contributed by atoms with Crippen LogP contribution >= 0.6 is 11.8 Å². The van der Waals surface area contributed by atoms with Crippen LogP contribution in [0.5, 0.6) is 11.5 Å². The third-order valence-corrected chi connectivity index (χ3v) is 8.27. The van der Waals surface area contributed by atoms with E-state index in [2.05, 4.69) is 5.32 Å². The average molecular weight is 571 g/mol. The first-order chi connectivity index (χ1) is 20.0. The topological polar surface area (TPSA) is 94.9 Å². The molecule has 0 unspecified atom stereocenters. The van der Waals surface area contributed by atoms with Crippen molar-refractivity contribution in [2.24, 2.45) is 0 Å². The first-order valence-electron chi connectivity index (χ1n) is 13.4. The van der Waals surface area contributed by atoms with E-state index in [0.717, 1.165) is 33.6 Å². The van der Waals surface area contributed by atoms with E-state index in [4.69, 9.17) is 19.3 Å². The van der Waals surface area contributed by atoms with Gasteiger partial charge >= 0.3 is 0 Å². The van der Waals surface area contributed by atoms with E-state index in [1.54, 1.807) is 16.7 Å². The normalized spacial score (nSPS) is 15.9. The van der Waals surface area contributed by atoms with Crippen LogP contribution in [0.2, 0.25) is 0 Å².